The average molecular weight is 425 g/mol. The van der Waals surface area contributed by atoms with Crippen LogP contribution in [0.25, 0.3) is 0 Å². The van der Waals surface area contributed by atoms with E-state index in [2.05, 4.69) is 17.0 Å². The van der Waals surface area contributed by atoms with Gasteiger partial charge in [0.05, 0.1) is 45.0 Å². The fourth-order valence-corrected chi connectivity index (χ4v) is 4.81. The Hall–Kier alpha value is -2.73. The Morgan fingerprint density at radius 2 is 1.77 bits per heavy atom. The van der Waals surface area contributed by atoms with Crippen molar-refractivity contribution in [3.05, 3.63) is 54.1 Å². The minimum absolute atomic E-state index is 0.0935. The van der Waals surface area contributed by atoms with E-state index in [1.807, 2.05) is 48.2 Å². The zero-order valence-corrected chi connectivity index (χ0v) is 18.7. The van der Waals surface area contributed by atoms with E-state index in [1.165, 1.54) is 5.69 Å². The molecular weight excluding hydrogens is 390 g/mol. The third kappa shape index (κ3) is 5.31. The SMILES string of the molecule is COc1ccccc1N1CC[NH+](C2CCN(C(=O)COc3cccc(C)c3)CC2)CC1. The lowest BCUT2D eigenvalue weighted by molar-refractivity contribution is -0.927. The van der Waals surface area contributed by atoms with E-state index >= 15 is 0 Å². The van der Waals surface area contributed by atoms with Crippen molar-refractivity contribution in [1.82, 2.24) is 4.90 Å². The molecule has 0 saturated carbocycles. The maximum absolute atomic E-state index is 12.6. The summed E-state index contributed by atoms with van der Waals surface area (Å²) < 4.78 is 11.2. The summed E-state index contributed by atoms with van der Waals surface area (Å²) in [5.41, 5.74) is 2.33. The Bertz CT molecular complexity index is 872. The van der Waals surface area contributed by atoms with Gasteiger partial charge in [0.25, 0.3) is 5.91 Å². The van der Waals surface area contributed by atoms with Gasteiger partial charge in [-0.15, -0.1) is 0 Å². The third-order valence-corrected chi connectivity index (χ3v) is 6.61. The lowest BCUT2D eigenvalue weighted by Gasteiger charge is -2.41. The number of likely N-dealkylation sites (tertiary alicyclic amines) is 1. The van der Waals surface area contributed by atoms with Crippen molar-refractivity contribution in [2.24, 2.45) is 0 Å². The van der Waals surface area contributed by atoms with E-state index in [0.717, 1.165) is 69.2 Å². The van der Waals surface area contributed by atoms with Crippen molar-refractivity contribution in [2.45, 2.75) is 25.8 Å². The number of hydrogen-bond donors (Lipinski definition) is 1. The summed E-state index contributed by atoms with van der Waals surface area (Å²) in [6.45, 7) is 8.16. The van der Waals surface area contributed by atoms with Crippen molar-refractivity contribution in [3.8, 4) is 11.5 Å². The maximum atomic E-state index is 12.6. The molecule has 0 bridgehead atoms. The first-order valence-electron chi connectivity index (χ1n) is 11.3. The number of amides is 1. The third-order valence-electron chi connectivity index (χ3n) is 6.61. The Kier molecular flexibility index (Phi) is 6.97. The van der Waals surface area contributed by atoms with Crippen molar-refractivity contribution < 1.29 is 19.2 Å². The number of rotatable bonds is 6. The Morgan fingerprint density at radius 1 is 1.03 bits per heavy atom. The Balaban J connectivity index is 1.22. The van der Waals surface area contributed by atoms with Crippen LogP contribution >= 0.6 is 0 Å². The average Bonchev–Trinajstić information content (AvgIpc) is 2.83. The molecule has 2 aromatic carbocycles. The van der Waals surface area contributed by atoms with E-state index in [-0.39, 0.29) is 12.5 Å². The van der Waals surface area contributed by atoms with Gasteiger partial charge in [0.15, 0.2) is 6.61 Å². The second kappa shape index (κ2) is 10.1. The fraction of sp³-hybridized carbons (Fsp3) is 0.480. The molecule has 0 unspecified atom stereocenters. The number of anilines is 1. The number of piperidine rings is 1. The molecule has 2 heterocycles. The summed E-state index contributed by atoms with van der Waals surface area (Å²) in [5, 5.41) is 0. The molecule has 2 aliphatic rings. The number of quaternary nitrogens is 1. The standard InChI is InChI=1S/C25H33N3O3/c1-20-6-5-7-22(18-20)31-19-25(29)28-12-10-21(11-13-28)26-14-16-27(17-15-26)23-8-3-4-9-24(23)30-2/h3-9,18,21H,10-17,19H2,1-2H3/p+1. The van der Waals surface area contributed by atoms with E-state index in [0.29, 0.717) is 6.04 Å². The zero-order valence-electron chi connectivity index (χ0n) is 18.7. The number of carbonyl (C=O) groups is 1. The Morgan fingerprint density at radius 3 is 2.48 bits per heavy atom. The smallest absolute Gasteiger partial charge is 0.260 e. The van der Waals surface area contributed by atoms with Gasteiger partial charge in [-0.3, -0.25) is 4.79 Å². The van der Waals surface area contributed by atoms with Crippen molar-refractivity contribution in [3.63, 3.8) is 0 Å². The first-order valence-corrected chi connectivity index (χ1v) is 11.3. The quantitative estimate of drug-likeness (QED) is 0.768. The monoisotopic (exact) mass is 424 g/mol. The molecule has 0 aromatic heterocycles. The van der Waals surface area contributed by atoms with Crippen LogP contribution in [0.1, 0.15) is 18.4 Å². The molecule has 0 aliphatic carbocycles. The van der Waals surface area contributed by atoms with Crippen LogP contribution in [-0.4, -0.2) is 69.8 Å². The number of ether oxygens (including phenoxy) is 2. The van der Waals surface area contributed by atoms with Gasteiger partial charge in [-0.25, -0.2) is 0 Å². The summed E-state index contributed by atoms with van der Waals surface area (Å²) in [6, 6.07) is 16.8. The topological polar surface area (TPSA) is 46.5 Å². The molecule has 6 heteroatoms. The highest BCUT2D eigenvalue weighted by molar-refractivity contribution is 5.77. The largest absolute Gasteiger partial charge is 0.495 e. The summed E-state index contributed by atoms with van der Waals surface area (Å²) in [7, 11) is 1.74. The molecule has 0 radical (unpaired) electrons. The lowest BCUT2D eigenvalue weighted by Crippen LogP contribution is -3.18. The highest BCUT2D eigenvalue weighted by Crippen LogP contribution is 2.27. The van der Waals surface area contributed by atoms with Gasteiger partial charge >= 0.3 is 0 Å². The molecule has 166 valence electrons. The van der Waals surface area contributed by atoms with Crippen LogP contribution in [0.3, 0.4) is 0 Å². The van der Waals surface area contributed by atoms with Crippen molar-refractivity contribution in [1.29, 1.82) is 0 Å². The lowest BCUT2D eigenvalue weighted by atomic mass is 10.0. The van der Waals surface area contributed by atoms with Gasteiger partial charge < -0.3 is 24.2 Å². The zero-order chi connectivity index (χ0) is 21.6. The van der Waals surface area contributed by atoms with Gasteiger partial charge in [-0.05, 0) is 36.8 Å². The van der Waals surface area contributed by atoms with E-state index in [4.69, 9.17) is 9.47 Å². The number of methoxy groups -OCH3 is 1. The molecule has 1 amide bonds. The van der Waals surface area contributed by atoms with Crippen LogP contribution in [0.2, 0.25) is 0 Å². The maximum Gasteiger partial charge on any atom is 0.260 e. The van der Waals surface area contributed by atoms with E-state index in [9.17, 15) is 4.79 Å². The molecule has 31 heavy (non-hydrogen) atoms. The number of carbonyl (C=O) groups excluding carboxylic acids is 1. The van der Waals surface area contributed by atoms with Gasteiger partial charge in [0, 0.05) is 25.9 Å². The summed E-state index contributed by atoms with van der Waals surface area (Å²) in [6.07, 6.45) is 2.14. The summed E-state index contributed by atoms with van der Waals surface area (Å²) >= 11 is 0. The van der Waals surface area contributed by atoms with Crippen LogP contribution in [0.15, 0.2) is 48.5 Å². The molecule has 2 fully saturated rings. The van der Waals surface area contributed by atoms with Crippen LogP contribution in [0.4, 0.5) is 5.69 Å². The number of piperazine rings is 1. The second-order valence-electron chi connectivity index (χ2n) is 8.58. The molecule has 0 spiro atoms. The highest BCUT2D eigenvalue weighted by atomic mass is 16.5. The number of aryl methyl sites for hydroxylation is 1. The molecule has 4 rings (SSSR count). The molecule has 2 aliphatic heterocycles. The summed E-state index contributed by atoms with van der Waals surface area (Å²) in [5.74, 6) is 1.81. The van der Waals surface area contributed by atoms with Crippen LogP contribution < -0.4 is 19.3 Å². The molecular formula is C25H34N3O3+. The molecule has 1 N–H and O–H groups in total. The minimum atomic E-state index is 0.0935. The Labute approximate surface area is 185 Å². The number of nitrogens with zero attached hydrogens (tertiary/aromatic N) is 2. The molecule has 6 nitrogen and oxygen atoms in total. The number of nitrogens with one attached hydrogen (secondary N) is 1. The van der Waals surface area contributed by atoms with Gasteiger partial charge in [-0.2, -0.15) is 0 Å². The number of benzene rings is 2. The number of para-hydroxylation sites is 2. The normalized spacial score (nSPS) is 18.1. The summed E-state index contributed by atoms with van der Waals surface area (Å²) in [4.78, 5) is 18.7. The van der Waals surface area contributed by atoms with Crippen LogP contribution in [0.5, 0.6) is 11.5 Å². The van der Waals surface area contributed by atoms with E-state index < -0.39 is 0 Å². The predicted molar refractivity (Wildman–Crippen MR) is 122 cm³/mol. The predicted octanol–water partition coefficient (Wildman–Crippen LogP) is 1.78. The number of hydrogen-bond acceptors (Lipinski definition) is 4. The second-order valence-corrected chi connectivity index (χ2v) is 8.58. The molecule has 2 saturated heterocycles. The van der Waals surface area contributed by atoms with Crippen molar-refractivity contribution >= 4 is 11.6 Å². The first kappa shape index (κ1) is 21.5. The molecule has 0 atom stereocenters. The van der Waals surface area contributed by atoms with Gasteiger partial charge in [0.1, 0.15) is 11.5 Å². The minimum Gasteiger partial charge on any atom is -0.495 e. The fourth-order valence-electron chi connectivity index (χ4n) is 4.81. The highest BCUT2D eigenvalue weighted by Gasteiger charge is 2.32. The molecule has 2 aromatic rings. The van der Waals surface area contributed by atoms with Crippen LogP contribution in [0, 0.1) is 6.92 Å². The van der Waals surface area contributed by atoms with Gasteiger partial charge in [0.2, 0.25) is 0 Å². The van der Waals surface area contributed by atoms with Gasteiger partial charge in [-0.1, -0.05) is 24.3 Å². The van der Waals surface area contributed by atoms with Crippen molar-refractivity contribution in [2.75, 3.05) is 57.9 Å². The van der Waals surface area contributed by atoms with E-state index in [1.54, 1.807) is 12.0 Å². The first-order chi connectivity index (χ1) is 15.1. The van der Waals surface area contributed by atoms with Crippen LogP contribution in [-0.2, 0) is 4.79 Å².